The molecule has 1 fully saturated rings. The molecule has 25 heavy (non-hydrogen) atoms. The molecule has 0 amide bonds. The Kier molecular flexibility index (Phi) is 7.65. The van der Waals surface area contributed by atoms with Crippen LogP contribution in [0.1, 0.15) is 19.4 Å². The average molecular weight is 415 g/mol. The standard InChI is InChI=1S/C18H28BrFN4O/c1-18(2,24-8-10-25-11-9-24)13-23-17(21-3)22-7-6-14-4-5-16(20)15(19)12-14/h4-5,12H,6-11,13H2,1-3H3,(H2,21,22,23). The first kappa shape index (κ1) is 20.1. The minimum atomic E-state index is -0.237. The predicted octanol–water partition coefficient (Wildman–Crippen LogP) is 2.41. The summed E-state index contributed by atoms with van der Waals surface area (Å²) < 4.78 is 19.2. The summed E-state index contributed by atoms with van der Waals surface area (Å²) in [5.41, 5.74) is 1.10. The largest absolute Gasteiger partial charge is 0.379 e. The van der Waals surface area contributed by atoms with E-state index in [1.165, 1.54) is 6.07 Å². The van der Waals surface area contributed by atoms with E-state index in [4.69, 9.17) is 4.74 Å². The zero-order valence-corrected chi connectivity index (χ0v) is 16.8. The van der Waals surface area contributed by atoms with E-state index in [9.17, 15) is 4.39 Å². The maximum Gasteiger partial charge on any atom is 0.191 e. The molecule has 0 atom stereocenters. The van der Waals surface area contributed by atoms with Gasteiger partial charge in [0.25, 0.3) is 0 Å². The van der Waals surface area contributed by atoms with Crippen molar-refractivity contribution in [2.24, 2.45) is 4.99 Å². The SMILES string of the molecule is CN=C(NCCc1ccc(F)c(Br)c1)NCC(C)(C)N1CCOCC1. The summed E-state index contributed by atoms with van der Waals surface area (Å²) >= 11 is 3.22. The van der Waals surface area contributed by atoms with Crippen molar-refractivity contribution in [2.75, 3.05) is 46.4 Å². The van der Waals surface area contributed by atoms with E-state index in [2.05, 4.69) is 50.3 Å². The number of nitrogens with one attached hydrogen (secondary N) is 2. The van der Waals surface area contributed by atoms with Gasteiger partial charge in [-0.25, -0.2) is 4.39 Å². The lowest BCUT2D eigenvalue weighted by Crippen LogP contribution is -2.56. The first-order chi connectivity index (χ1) is 11.9. The van der Waals surface area contributed by atoms with Crippen LogP contribution in [-0.4, -0.2) is 62.8 Å². The molecule has 0 aromatic heterocycles. The van der Waals surface area contributed by atoms with Crippen LogP contribution in [0.3, 0.4) is 0 Å². The second kappa shape index (κ2) is 9.50. The molecule has 7 heteroatoms. The van der Waals surface area contributed by atoms with Crippen molar-refractivity contribution in [3.63, 3.8) is 0 Å². The highest BCUT2D eigenvalue weighted by atomic mass is 79.9. The van der Waals surface area contributed by atoms with Gasteiger partial charge in [0.1, 0.15) is 5.82 Å². The van der Waals surface area contributed by atoms with Crippen molar-refractivity contribution in [3.05, 3.63) is 34.1 Å². The fourth-order valence-corrected chi connectivity index (χ4v) is 3.25. The van der Waals surface area contributed by atoms with Crippen molar-refractivity contribution >= 4 is 21.9 Å². The molecular formula is C18H28BrFN4O. The number of halogens is 2. The molecule has 0 aliphatic carbocycles. The summed E-state index contributed by atoms with van der Waals surface area (Å²) in [7, 11) is 1.77. The number of morpholine rings is 1. The second-order valence-corrected chi connectivity index (χ2v) is 7.62. The number of guanidine groups is 1. The predicted molar refractivity (Wildman–Crippen MR) is 104 cm³/mol. The molecule has 1 aliphatic rings. The number of aliphatic imine (C=N–C) groups is 1. The fraction of sp³-hybridized carbons (Fsp3) is 0.611. The Morgan fingerprint density at radius 1 is 1.32 bits per heavy atom. The number of ether oxygens (including phenoxy) is 1. The van der Waals surface area contributed by atoms with E-state index in [-0.39, 0.29) is 11.4 Å². The molecule has 0 bridgehead atoms. The van der Waals surface area contributed by atoms with Crippen LogP contribution in [0, 0.1) is 5.82 Å². The first-order valence-electron chi connectivity index (χ1n) is 8.63. The molecule has 0 saturated carbocycles. The highest BCUT2D eigenvalue weighted by Crippen LogP contribution is 2.17. The van der Waals surface area contributed by atoms with Crippen LogP contribution < -0.4 is 10.6 Å². The maximum atomic E-state index is 13.3. The van der Waals surface area contributed by atoms with Gasteiger partial charge in [0.05, 0.1) is 17.7 Å². The normalized spacial score (nSPS) is 16.8. The molecule has 2 rings (SSSR count). The Bertz CT molecular complexity index is 588. The molecule has 1 aliphatic heterocycles. The second-order valence-electron chi connectivity index (χ2n) is 6.76. The van der Waals surface area contributed by atoms with Gasteiger partial charge in [0.15, 0.2) is 5.96 Å². The van der Waals surface area contributed by atoms with Gasteiger partial charge in [0.2, 0.25) is 0 Å². The summed E-state index contributed by atoms with van der Waals surface area (Å²) in [5, 5.41) is 6.72. The van der Waals surface area contributed by atoms with Gasteiger partial charge in [-0.15, -0.1) is 0 Å². The minimum absolute atomic E-state index is 0.0310. The lowest BCUT2D eigenvalue weighted by molar-refractivity contribution is -0.00833. The molecule has 0 radical (unpaired) electrons. The summed E-state index contributed by atoms with van der Waals surface area (Å²) in [4.78, 5) is 6.72. The van der Waals surface area contributed by atoms with E-state index >= 15 is 0 Å². The van der Waals surface area contributed by atoms with Gasteiger partial charge >= 0.3 is 0 Å². The molecule has 0 unspecified atom stereocenters. The van der Waals surface area contributed by atoms with Crippen molar-refractivity contribution in [1.29, 1.82) is 0 Å². The van der Waals surface area contributed by atoms with Gasteiger partial charge in [-0.05, 0) is 53.9 Å². The Balaban J connectivity index is 1.77. The van der Waals surface area contributed by atoms with E-state index in [1.54, 1.807) is 13.1 Å². The summed E-state index contributed by atoms with van der Waals surface area (Å²) in [5.74, 6) is 0.544. The fourth-order valence-electron chi connectivity index (χ4n) is 2.82. The molecule has 140 valence electrons. The van der Waals surface area contributed by atoms with Crippen LogP contribution >= 0.6 is 15.9 Å². The van der Waals surface area contributed by atoms with Crippen LogP contribution in [0.15, 0.2) is 27.7 Å². The molecule has 0 spiro atoms. The topological polar surface area (TPSA) is 48.9 Å². The van der Waals surface area contributed by atoms with Gasteiger partial charge in [-0.2, -0.15) is 0 Å². The monoisotopic (exact) mass is 414 g/mol. The third-order valence-corrected chi connectivity index (χ3v) is 5.08. The highest BCUT2D eigenvalue weighted by Gasteiger charge is 2.28. The Hall–Kier alpha value is -1.18. The Morgan fingerprint density at radius 3 is 2.68 bits per heavy atom. The van der Waals surface area contributed by atoms with Gasteiger partial charge in [-0.3, -0.25) is 9.89 Å². The van der Waals surface area contributed by atoms with Crippen LogP contribution in [0.5, 0.6) is 0 Å². The minimum Gasteiger partial charge on any atom is -0.379 e. The molecule has 1 saturated heterocycles. The van der Waals surface area contributed by atoms with Gasteiger partial charge in [0, 0.05) is 38.8 Å². The molecule has 2 N–H and O–H groups in total. The number of hydrogen-bond donors (Lipinski definition) is 2. The molecular weight excluding hydrogens is 387 g/mol. The third kappa shape index (κ3) is 6.24. The lowest BCUT2D eigenvalue weighted by atomic mass is 10.0. The number of hydrogen-bond acceptors (Lipinski definition) is 3. The van der Waals surface area contributed by atoms with Crippen LogP contribution in [0.25, 0.3) is 0 Å². The lowest BCUT2D eigenvalue weighted by Gasteiger charge is -2.41. The highest BCUT2D eigenvalue weighted by molar-refractivity contribution is 9.10. The zero-order chi connectivity index (χ0) is 18.3. The molecule has 5 nitrogen and oxygen atoms in total. The molecule has 1 aromatic carbocycles. The average Bonchev–Trinajstić information content (AvgIpc) is 2.61. The van der Waals surface area contributed by atoms with Crippen molar-refractivity contribution in [1.82, 2.24) is 15.5 Å². The van der Waals surface area contributed by atoms with E-state index in [0.717, 1.165) is 57.3 Å². The van der Waals surface area contributed by atoms with Gasteiger partial charge < -0.3 is 15.4 Å². The number of benzene rings is 1. The molecule has 1 heterocycles. The van der Waals surface area contributed by atoms with Crippen LogP contribution in [-0.2, 0) is 11.2 Å². The Morgan fingerprint density at radius 2 is 2.04 bits per heavy atom. The van der Waals surface area contributed by atoms with E-state index in [1.807, 2.05) is 6.07 Å². The van der Waals surface area contributed by atoms with Crippen molar-refractivity contribution in [2.45, 2.75) is 25.8 Å². The maximum absolute atomic E-state index is 13.3. The zero-order valence-electron chi connectivity index (χ0n) is 15.2. The smallest absolute Gasteiger partial charge is 0.191 e. The van der Waals surface area contributed by atoms with Crippen LogP contribution in [0.2, 0.25) is 0 Å². The van der Waals surface area contributed by atoms with E-state index in [0.29, 0.717) is 4.47 Å². The quantitative estimate of drug-likeness (QED) is 0.554. The number of nitrogens with zero attached hydrogens (tertiary/aromatic N) is 2. The molecule has 1 aromatic rings. The number of rotatable bonds is 6. The summed E-state index contributed by atoms with van der Waals surface area (Å²) in [6.45, 7) is 9.50. The summed E-state index contributed by atoms with van der Waals surface area (Å²) in [6.07, 6.45) is 0.798. The van der Waals surface area contributed by atoms with Crippen molar-refractivity contribution < 1.29 is 9.13 Å². The summed E-state index contributed by atoms with van der Waals surface area (Å²) in [6, 6.07) is 5.10. The van der Waals surface area contributed by atoms with Crippen molar-refractivity contribution in [3.8, 4) is 0 Å². The van der Waals surface area contributed by atoms with E-state index < -0.39 is 0 Å². The third-order valence-electron chi connectivity index (χ3n) is 4.47. The Labute approximate surface area is 158 Å². The first-order valence-corrected chi connectivity index (χ1v) is 9.43. The van der Waals surface area contributed by atoms with Gasteiger partial charge in [-0.1, -0.05) is 6.07 Å². The van der Waals surface area contributed by atoms with Crippen LogP contribution in [0.4, 0.5) is 4.39 Å².